The average Bonchev–Trinajstić information content (AvgIpc) is 2.62. The van der Waals surface area contributed by atoms with E-state index >= 15 is 0 Å². The monoisotopic (exact) mass is 318 g/mol. The maximum atomic E-state index is 11.3. The topological polar surface area (TPSA) is 55.1 Å². The molecule has 0 unspecified atom stereocenters. The van der Waals surface area contributed by atoms with Crippen LogP contribution in [-0.2, 0) is 6.42 Å². The number of rotatable bonds is 2. The minimum Gasteiger partial charge on any atom is -0.366 e. The summed E-state index contributed by atoms with van der Waals surface area (Å²) < 4.78 is 0. The molecule has 1 aliphatic carbocycles. The molecular weight excluding hydrogens is 296 g/mol. The molecule has 1 fully saturated rings. The maximum Gasteiger partial charge on any atom is 0.248 e. The van der Waals surface area contributed by atoms with Crippen LogP contribution in [0.4, 0.5) is 0 Å². The molecule has 3 heteroatoms. The Morgan fingerprint density at radius 1 is 1.00 bits per heavy atom. The Bertz CT molecular complexity index is 799. The highest BCUT2D eigenvalue weighted by Gasteiger charge is 2.34. The Balaban J connectivity index is 1.81. The van der Waals surface area contributed by atoms with Crippen LogP contribution in [0.15, 0.2) is 54.6 Å². The van der Waals surface area contributed by atoms with Crippen LogP contribution in [0.3, 0.4) is 0 Å². The van der Waals surface area contributed by atoms with Crippen LogP contribution in [0.25, 0.3) is 5.57 Å². The van der Waals surface area contributed by atoms with Crippen LogP contribution >= 0.6 is 0 Å². The predicted octanol–water partition coefficient (Wildman–Crippen LogP) is 3.14. The average molecular weight is 318 g/mol. The molecule has 2 aliphatic rings. The van der Waals surface area contributed by atoms with Crippen LogP contribution in [0.1, 0.15) is 39.9 Å². The van der Waals surface area contributed by atoms with Crippen LogP contribution in [0.5, 0.6) is 0 Å². The van der Waals surface area contributed by atoms with Gasteiger partial charge in [-0.2, -0.15) is 0 Å². The fourth-order valence-corrected chi connectivity index (χ4v) is 4.05. The zero-order valence-corrected chi connectivity index (χ0v) is 13.7. The second-order valence-corrected chi connectivity index (χ2v) is 6.95. The van der Waals surface area contributed by atoms with Gasteiger partial charge in [0, 0.05) is 5.56 Å². The first kappa shape index (κ1) is 15.2. The van der Waals surface area contributed by atoms with Crippen molar-refractivity contribution in [2.45, 2.75) is 19.3 Å². The van der Waals surface area contributed by atoms with E-state index in [0.29, 0.717) is 5.56 Å². The zero-order chi connectivity index (χ0) is 16.6. The molecule has 0 bridgehead atoms. The van der Waals surface area contributed by atoms with Gasteiger partial charge in [0.15, 0.2) is 0 Å². The minimum atomic E-state index is -0.380. The molecule has 1 amide bonds. The smallest absolute Gasteiger partial charge is 0.248 e. The lowest BCUT2D eigenvalue weighted by atomic mass is 9.67. The lowest BCUT2D eigenvalue weighted by molar-refractivity contribution is 0.100. The van der Waals surface area contributed by atoms with Gasteiger partial charge in [-0.25, -0.2) is 0 Å². The summed E-state index contributed by atoms with van der Waals surface area (Å²) in [6, 6.07) is 16.4. The number of carbonyl (C=O) groups is 1. The second kappa shape index (κ2) is 5.91. The van der Waals surface area contributed by atoms with Crippen molar-refractivity contribution in [3.05, 3.63) is 76.9 Å². The van der Waals surface area contributed by atoms with E-state index in [4.69, 9.17) is 5.73 Å². The number of carbonyl (C=O) groups excluding carboxylic acids is 1. The zero-order valence-electron chi connectivity index (χ0n) is 13.7. The molecule has 24 heavy (non-hydrogen) atoms. The molecule has 0 atom stereocenters. The number of hydrogen-bond donors (Lipinski definition) is 2. The fourth-order valence-electron chi connectivity index (χ4n) is 4.05. The Hall–Kier alpha value is -2.39. The van der Waals surface area contributed by atoms with Crippen molar-refractivity contribution in [3.8, 4) is 0 Å². The highest BCUT2D eigenvalue weighted by molar-refractivity contribution is 5.93. The van der Waals surface area contributed by atoms with Gasteiger partial charge in [-0.1, -0.05) is 42.5 Å². The van der Waals surface area contributed by atoms with Gasteiger partial charge in [0.1, 0.15) is 0 Å². The van der Waals surface area contributed by atoms with Gasteiger partial charge in [0.25, 0.3) is 0 Å². The second-order valence-electron chi connectivity index (χ2n) is 6.95. The van der Waals surface area contributed by atoms with Crippen LogP contribution in [0, 0.1) is 5.41 Å². The first-order chi connectivity index (χ1) is 11.7. The number of fused-ring (bicyclic) bond motifs is 1. The van der Waals surface area contributed by atoms with Crippen molar-refractivity contribution >= 4 is 11.5 Å². The van der Waals surface area contributed by atoms with E-state index in [9.17, 15) is 4.79 Å². The quantitative estimate of drug-likeness (QED) is 0.894. The summed E-state index contributed by atoms with van der Waals surface area (Å²) in [6.45, 7) is 2.15. The maximum absolute atomic E-state index is 11.3. The van der Waals surface area contributed by atoms with Crippen molar-refractivity contribution in [1.29, 1.82) is 0 Å². The lowest BCUT2D eigenvalue weighted by Crippen LogP contribution is -2.38. The summed E-state index contributed by atoms with van der Waals surface area (Å²) in [4.78, 5) is 11.3. The molecule has 1 spiro atoms. The highest BCUT2D eigenvalue weighted by atomic mass is 16.1. The largest absolute Gasteiger partial charge is 0.366 e. The third-order valence-electron chi connectivity index (χ3n) is 5.38. The summed E-state index contributed by atoms with van der Waals surface area (Å²) in [6.07, 6.45) is 5.94. The van der Waals surface area contributed by atoms with E-state index in [1.807, 2.05) is 24.3 Å². The van der Waals surface area contributed by atoms with Gasteiger partial charge in [0.2, 0.25) is 5.91 Å². The van der Waals surface area contributed by atoms with E-state index in [2.05, 4.69) is 35.7 Å². The molecule has 2 aromatic rings. The predicted molar refractivity (Wildman–Crippen MR) is 96.7 cm³/mol. The van der Waals surface area contributed by atoms with Gasteiger partial charge in [-0.3, -0.25) is 4.79 Å². The summed E-state index contributed by atoms with van der Waals surface area (Å²) in [5.41, 5.74) is 11.4. The molecule has 0 radical (unpaired) electrons. The summed E-state index contributed by atoms with van der Waals surface area (Å²) >= 11 is 0. The summed E-state index contributed by atoms with van der Waals surface area (Å²) in [7, 11) is 0. The minimum absolute atomic E-state index is 0.247. The number of amides is 1. The van der Waals surface area contributed by atoms with Crippen molar-refractivity contribution in [1.82, 2.24) is 5.32 Å². The fraction of sp³-hybridized carbons (Fsp3) is 0.286. The Kier molecular flexibility index (Phi) is 3.73. The van der Waals surface area contributed by atoms with Crippen LogP contribution in [0.2, 0.25) is 0 Å². The normalized spacial score (nSPS) is 18.8. The van der Waals surface area contributed by atoms with Gasteiger partial charge >= 0.3 is 0 Å². The SMILES string of the molecule is NC(=O)c1ccc(C2=CC3(CCNCC3)Cc3ccccc32)cc1. The van der Waals surface area contributed by atoms with Crippen LogP contribution in [-0.4, -0.2) is 19.0 Å². The molecule has 1 aliphatic heterocycles. The number of nitrogens with one attached hydrogen (secondary N) is 1. The molecule has 3 N–H and O–H groups in total. The molecule has 1 heterocycles. The number of piperidine rings is 1. The number of benzene rings is 2. The molecule has 1 saturated heterocycles. The van der Waals surface area contributed by atoms with Gasteiger partial charge in [-0.15, -0.1) is 0 Å². The Labute approximate surface area is 142 Å². The molecule has 122 valence electrons. The number of primary amides is 1. The van der Waals surface area contributed by atoms with Crippen LogP contribution < -0.4 is 11.1 Å². The number of hydrogen-bond acceptors (Lipinski definition) is 2. The number of allylic oxidation sites excluding steroid dienone is 1. The van der Waals surface area contributed by atoms with Gasteiger partial charge in [-0.05, 0) is 72.2 Å². The van der Waals surface area contributed by atoms with E-state index in [1.54, 1.807) is 0 Å². The first-order valence-corrected chi connectivity index (χ1v) is 8.59. The molecular formula is C21H22N2O. The molecule has 0 aromatic heterocycles. The summed E-state index contributed by atoms with van der Waals surface area (Å²) in [5.74, 6) is -0.380. The van der Waals surface area contributed by atoms with E-state index in [0.717, 1.165) is 25.1 Å². The van der Waals surface area contributed by atoms with Gasteiger partial charge in [0.05, 0.1) is 0 Å². The standard InChI is InChI=1S/C21H22N2O/c22-20(24)16-7-5-15(6-8-16)19-14-21(9-11-23-12-10-21)13-17-3-1-2-4-18(17)19/h1-8,14,23H,9-13H2,(H2,22,24). The van der Waals surface area contributed by atoms with E-state index < -0.39 is 0 Å². The first-order valence-electron chi connectivity index (χ1n) is 8.59. The van der Waals surface area contributed by atoms with Gasteiger partial charge < -0.3 is 11.1 Å². The van der Waals surface area contributed by atoms with Crippen molar-refractivity contribution in [3.63, 3.8) is 0 Å². The van der Waals surface area contributed by atoms with Crippen molar-refractivity contribution < 1.29 is 4.79 Å². The van der Waals surface area contributed by atoms with Crippen molar-refractivity contribution in [2.24, 2.45) is 11.1 Å². The molecule has 2 aromatic carbocycles. The Morgan fingerprint density at radius 2 is 1.71 bits per heavy atom. The molecule has 4 rings (SSSR count). The molecule has 3 nitrogen and oxygen atoms in total. The third kappa shape index (κ3) is 2.65. The summed E-state index contributed by atoms with van der Waals surface area (Å²) in [5, 5.41) is 3.47. The van der Waals surface area contributed by atoms with Crippen molar-refractivity contribution in [2.75, 3.05) is 13.1 Å². The lowest BCUT2D eigenvalue weighted by Gasteiger charge is -2.39. The molecule has 0 saturated carbocycles. The van der Waals surface area contributed by atoms with E-state index in [1.165, 1.54) is 29.5 Å². The Morgan fingerprint density at radius 3 is 2.42 bits per heavy atom. The van der Waals surface area contributed by atoms with E-state index in [-0.39, 0.29) is 11.3 Å². The third-order valence-corrected chi connectivity index (χ3v) is 5.38. The highest BCUT2D eigenvalue weighted by Crippen LogP contribution is 2.44. The number of nitrogens with two attached hydrogens (primary N) is 1.